The third kappa shape index (κ3) is 8.82. The van der Waals surface area contributed by atoms with Gasteiger partial charge in [0.1, 0.15) is 18.3 Å². The van der Waals surface area contributed by atoms with Gasteiger partial charge in [0.25, 0.3) is 0 Å². The number of ether oxygens (including phenoxy) is 1. The monoisotopic (exact) mass is 478 g/mol. The molecule has 1 rings (SSSR count). The van der Waals surface area contributed by atoms with Gasteiger partial charge in [-0.05, 0) is 6.92 Å². The topological polar surface area (TPSA) is 205 Å². The van der Waals surface area contributed by atoms with Crippen molar-refractivity contribution < 1.29 is 65.0 Å². The number of aliphatic hydroxyl groups excluding tert-OH is 1. The van der Waals surface area contributed by atoms with Crippen LogP contribution >= 0.6 is 30.8 Å². The minimum Gasteiger partial charge on any atom is -0.387 e. The van der Waals surface area contributed by atoms with Crippen LogP contribution in [-0.4, -0.2) is 71.2 Å². The van der Waals surface area contributed by atoms with Gasteiger partial charge in [-0.15, -0.1) is 0 Å². The second-order valence-corrected chi connectivity index (χ2v) is 13.2. The van der Waals surface area contributed by atoms with Crippen LogP contribution in [-0.2, 0) is 45.2 Å². The Morgan fingerprint density at radius 1 is 1.04 bits per heavy atom. The maximum absolute atomic E-state index is 11.8. The van der Waals surface area contributed by atoms with Crippen LogP contribution in [0, 0.1) is 0 Å². The largest absolute Gasteiger partial charge is 0.492 e. The lowest BCUT2D eigenvalue weighted by molar-refractivity contribution is -0.0169. The number of phosphoric ester groups is 1. The number of hydrogen-bond donors (Lipinski definition) is 4. The molecule has 18 heteroatoms. The molecule has 3 unspecified atom stereocenters. The van der Waals surface area contributed by atoms with Crippen LogP contribution in [0.5, 0.6) is 0 Å². The SMILES string of the molecule is COP(=O)(OP(=O)(O)O)OP(=O)(O)OC[C@H]1O[C@@H](C)C(OP(C)(C)=O)[C@H]1O. The van der Waals surface area contributed by atoms with E-state index in [9.17, 15) is 28.3 Å². The molecule has 0 saturated carbocycles. The molecule has 0 aromatic carbocycles. The summed E-state index contributed by atoms with van der Waals surface area (Å²) in [6.07, 6.45) is -4.32. The molecule has 0 aromatic rings. The lowest BCUT2D eigenvalue weighted by Crippen LogP contribution is -2.35. The van der Waals surface area contributed by atoms with Crippen molar-refractivity contribution in [1.29, 1.82) is 0 Å². The molecule has 14 nitrogen and oxygen atoms in total. The van der Waals surface area contributed by atoms with E-state index in [0.717, 1.165) is 0 Å². The van der Waals surface area contributed by atoms with Crippen LogP contribution in [0.3, 0.4) is 0 Å². The first-order valence-electron chi connectivity index (χ1n) is 7.15. The average Bonchev–Trinajstić information content (AvgIpc) is 2.69. The number of aliphatic hydroxyl groups is 1. The van der Waals surface area contributed by atoms with Crippen LogP contribution in [0.4, 0.5) is 0 Å². The van der Waals surface area contributed by atoms with Gasteiger partial charge in [0.2, 0.25) is 0 Å². The van der Waals surface area contributed by atoms with Gasteiger partial charge >= 0.3 is 23.5 Å². The average molecular weight is 478 g/mol. The quantitative estimate of drug-likeness (QED) is 0.324. The van der Waals surface area contributed by atoms with Gasteiger partial charge in [-0.3, -0.25) is 13.6 Å². The molecule has 1 fully saturated rings. The first kappa shape index (κ1) is 25.6. The third-order valence-electron chi connectivity index (χ3n) is 2.98. The minimum atomic E-state index is -5.38. The van der Waals surface area contributed by atoms with Crippen LogP contribution < -0.4 is 0 Å². The summed E-state index contributed by atoms with van der Waals surface area (Å²) in [6.45, 7) is 3.40. The summed E-state index contributed by atoms with van der Waals surface area (Å²) in [6, 6.07) is 0. The Morgan fingerprint density at radius 3 is 2.04 bits per heavy atom. The molecule has 1 heterocycles. The molecule has 4 N–H and O–H groups in total. The zero-order valence-electron chi connectivity index (χ0n) is 14.7. The molecular formula is C9H22O14P4. The van der Waals surface area contributed by atoms with Crippen molar-refractivity contribution in [3.05, 3.63) is 0 Å². The molecule has 0 radical (unpaired) electrons. The number of phosphoric acid groups is 3. The van der Waals surface area contributed by atoms with Gasteiger partial charge in [-0.1, -0.05) is 0 Å². The Kier molecular flexibility index (Phi) is 8.63. The van der Waals surface area contributed by atoms with Gasteiger partial charge in [0.05, 0.1) is 12.7 Å². The van der Waals surface area contributed by atoms with Gasteiger partial charge < -0.3 is 29.0 Å². The van der Waals surface area contributed by atoms with Crippen molar-refractivity contribution in [1.82, 2.24) is 0 Å². The highest BCUT2D eigenvalue weighted by Gasteiger charge is 2.47. The highest BCUT2D eigenvalue weighted by molar-refractivity contribution is 7.67. The predicted molar refractivity (Wildman–Crippen MR) is 89.3 cm³/mol. The lowest BCUT2D eigenvalue weighted by atomic mass is 10.1. The van der Waals surface area contributed by atoms with E-state index in [1.165, 1.54) is 20.3 Å². The van der Waals surface area contributed by atoms with Crippen molar-refractivity contribution in [3.63, 3.8) is 0 Å². The van der Waals surface area contributed by atoms with Crippen LogP contribution in [0.1, 0.15) is 6.92 Å². The highest BCUT2D eigenvalue weighted by Crippen LogP contribution is 2.68. The summed E-state index contributed by atoms with van der Waals surface area (Å²) in [5.74, 6) is 0. The molecule has 162 valence electrons. The highest BCUT2D eigenvalue weighted by atomic mass is 31.3. The van der Waals surface area contributed by atoms with Gasteiger partial charge in [-0.2, -0.15) is 8.62 Å². The van der Waals surface area contributed by atoms with Gasteiger partial charge in [-0.25, -0.2) is 13.7 Å². The fourth-order valence-electron chi connectivity index (χ4n) is 2.03. The smallest absolute Gasteiger partial charge is 0.387 e. The summed E-state index contributed by atoms with van der Waals surface area (Å²) < 4.78 is 73.1. The molecule has 0 bridgehead atoms. The zero-order valence-corrected chi connectivity index (χ0v) is 18.3. The third-order valence-corrected chi connectivity index (χ3v) is 7.93. The Morgan fingerprint density at radius 2 is 1.59 bits per heavy atom. The molecule has 27 heavy (non-hydrogen) atoms. The Bertz CT molecular complexity index is 697. The fraction of sp³-hybridized carbons (Fsp3) is 1.00. The van der Waals surface area contributed by atoms with E-state index in [1.807, 2.05) is 0 Å². The van der Waals surface area contributed by atoms with Crippen molar-refractivity contribution in [2.45, 2.75) is 31.3 Å². The second-order valence-electron chi connectivity index (χ2n) is 5.74. The molecule has 6 atom stereocenters. The maximum Gasteiger partial charge on any atom is 0.492 e. The fourth-order valence-corrected chi connectivity index (χ4v) is 6.41. The zero-order chi connectivity index (χ0) is 21.3. The Hall–Kier alpha value is 0.520. The van der Waals surface area contributed by atoms with E-state index < -0.39 is 61.9 Å². The first-order chi connectivity index (χ1) is 12.0. The van der Waals surface area contributed by atoms with Crippen molar-refractivity contribution >= 4 is 30.8 Å². The maximum atomic E-state index is 11.8. The van der Waals surface area contributed by atoms with Crippen LogP contribution in [0.15, 0.2) is 0 Å². The van der Waals surface area contributed by atoms with E-state index in [-0.39, 0.29) is 0 Å². The Balaban J connectivity index is 2.73. The molecule has 0 amide bonds. The normalized spacial score (nSPS) is 31.4. The molecule has 0 aromatic heterocycles. The van der Waals surface area contributed by atoms with E-state index >= 15 is 0 Å². The minimum absolute atomic E-state index is 0.650. The van der Waals surface area contributed by atoms with Crippen LogP contribution in [0.25, 0.3) is 0 Å². The standard InChI is InChI=1S/C9H22O14P4/c1-6-9(21-24(3,4)11)8(10)7(20-6)5-19-26(15,16)23-27(17,18-2)22-25(12,13)14/h6-10H,5H2,1-4H3,(H,15,16)(H2,12,13,14)/t6-,7+,8-,9?,27?/m0/s1. The van der Waals surface area contributed by atoms with Crippen LogP contribution in [0.2, 0.25) is 0 Å². The number of rotatable bonds is 10. The summed E-state index contributed by atoms with van der Waals surface area (Å²) in [4.78, 5) is 26.8. The number of hydrogen-bond acceptors (Lipinski definition) is 11. The summed E-state index contributed by atoms with van der Waals surface area (Å²) >= 11 is 0. The first-order valence-corrected chi connectivity index (χ1v) is 14.2. The molecule has 1 aliphatic rings. The van der Waals surface area contributed by atoms with E-state index in [0.29, 0.717) is 7.11 Å². The van der Waals surface area contributed by atoms with Gasteiger partial charge in [0.15, 0.2) is 7.37 Å². The van der Waals surface area contributed by atoms with E-state index in [1.54, 1.807) is 0 Å². The van der Waals surface area contributed by atoms with Gasteiger partial charge in [0, 0.05) is 20.4 Å². The van der Waals surface area contributed by atoms with Crippen molar-refractivity contribution in [2.24, 2.45) is 0 Å². The second kappa shape index (κ2) is 9.12. The summed E-state index contributed by atoms with van der Waals surface area (Å²) in [5, 5.41) is 10.1. The lowest BCUT2D eigenvalue weighted by Gasteiger charge is -2.22. The molecular weight excluding hydrogens is 456 g/mol. The molecule has 1 saturated heterocycles. The molecule has 0 spiro atoms. The summed E-state index contributed by atoms with van der Waals surface area (Å²) in [5.41, 5.74) is 0. The summed E-state index contributed by atoms with van der Waals surface area (Å²) in [7, 11) is -18.1. The Labute approximate surface area is 155 Å². The van der Waals surface area contributed by atoms with Crippen molar-refractivity contribution in [3.8, 4) is 0 Å². The van der Waals surface area contributed by atoms with E-state index in [2.05, 4.69) is 17.7 Å². The van der Waals surface area contributed by atoms with E-state index in [4.69, 9.17) is 19.0 Å². The van der Waals surface area contributed by atoms with Crippen molar-refractivity contribution in [2.75, 3.05) is 27.0 Å². The molecule has 1 aliphatic heterocycles. The molecule has 0 aliphatic carbocycles. The predicted octanol–water partition coefficient (Wildman–Crippen LogP) is 1.05.